The van der Waals surface area contributed by atoms with E-state index in [0.717, 1.165) is 51.0 Å². The summed E-state index contributed by atoms with van der Waals surface area (Å²) in [6.07, 6.45) is 17.1. The number of ether oxygens (including phenoxy) is 1. The molecule has 2 aliphatic carbocycles. The summed E-state index contributed by atoms with van der Waals surface area (Å²) in [7, 11) is 0. The summed E-state index contributed by atoms with van der Waals surface area (Å²) in [5.41, 5.74) is 1.30. The van der Waals surface area contributed by atoms with E-state index in [1.54, 1.807) is 0 Å². The topological polar surface area (TPSA) is 58.8 Å². The Balaban J connectivity index is 1.44. The van der Waals surface area contributed by atoms with Crippen molar-refractivity contribution in [2.75, 3.05) is 6.61 Å². The second kappa shape index (κ2) is 10.0. The molecular weight excluding hydrogens is 322 g/mol. The molecule has 2 fully saturated rings. The number of nitrogens with zero attached hydrogens (tertiary/aromatic N) is 3. The van der Waals surface area contributed by atoms with E-state index in [9.17, 15) is 0 Å². The lowest BCUT2D eigenvalue weighted by molar-refractivity contribution is 0.0227. The maximum absolute atomic E-state index is 9.03. The van der Waals surface area contributed by atoms with Crippen molar-refractivity contribution in [3.8, 4) is 6.07 Å². The van der Waals surface area contributed by atoms with E-state index < -0.39 is 0 Å². The molecule has 1 heterocycles. The summed E-state index contributed by atoms with van der Waals surface area (Å²) in [6, 6.07) is 2.40. The average Bonchev–Trinajstić information content (AvgIpc) is 2.72. The highest BCUT2D eigenvalue weighted by Gasteiger charge is 2.26. The van der Waals surface area contributed by atoms with Gasteiger partial charge in [0.15, 0.2) is 0 Å². The van der Waals surface area contributed by atoms with Gasteiger partial charge in [-0.05, 0) is 69.3 Å². The third-order valence-electron chi connectivity index (χ3n) is 6.21. The van der Waals surface area contributed by atoms with Gasteiger partial charge in [-0.25, -0.2) is 9.97 Å². The van der Waals surface area contributed by atoms with Crippen LogP contribution in [-0.4, -0.2) is 22.7 Å². The van der Waals surface area contributed by atoms with Gasteiger partial charge in [0.05, 0.1) is 12.2 Å². The summed E-state index contributed by atoms with van der Waals surface area (Å²) in [4.78, 5) is 9.38. The first-order chi connectivity index (χ1) is 12.8. The molecule has 0 unspecified atom stereocenters. The first-order valence-corrected chi connectivity index (χ1v) is 10.6. The lowest BCUT2D eigenvalue weighted by Crippen LogP contribution is -2.21. The van der Waals surface area contributed by atoms with Crippen LogP contribution in [0.3, 0.4) is 0 Å². The van der Waals surface area contributed by atoms with Crippen molar-refractivity contribution in [3.05, 3.63) is 23.8 Å². The quantitative estimate of drug-likeness (QED) is 0.605. The van der Waals surface area contributed by atoms with E-state index in [4.69, 9.17) is 20.0 Å². The van der Waals surface area contributed by atoms with Crippen LogP contribution in [0.4, 0.5) is 0 Å². The molecule has 0 bridgehead atoms. The Morgan fingerprint density at radius 2 is 1.62 bits per heavy atom. The van der Waals surface area contributed by atoms with Crippen molar-refractivity contribution < 1.29 is 4.74 Å². The molecule has 0 spiro atoms. The smallest absolute Gasteiger partial charge is 0.131 e. The highest BCUT2D eigenvalue weighted by Crippen LogP contribution is 2.36. The Bertz CT molecular complexity index is 564. The van der Waals surface area contributed by atoms with Crippen LogP contribution in [0.2, 0.25) is 0 Å². The summed E-state index contributed by atoms with van der Waals surface area (Å²) in [6.45, 7) is 3.16. The fourth-order valence-electron chi connectivity index (χ4n) is 4.42. The molecule has 0 aliphatic heterocycles. The van der Waals surface area contributed by atoms with Crippen molar-refractivity contribution in [3.63, 3.8) is 0 Å². The van der Waals surface area contributed by atoms with E-state index in [2.05, 4.69) is 25.4 Å². The maximum atomic E-state index is 9.03. The molecule has 0 saturated heterocycles. The molecule has 1 aromatic rings. The molecule has 0 aromatic carbocycles. The second-order valence-electron chi connectivity index (χ2n) is 8.10. The third-order valence-corrected chi connectivity index (χ3v) is 6.21. The van der Waals surface area contributed by atoms with Gasteiger partial charge in [-0.2, -0.15) is 5.26 Å². The highest BCUT2D eigenvalue weighted by molar-refractivity contribution is 5.14. The number of unbranched alkanes of at least 4 members (excludes halogenated alkanes) is 2. The van der Waals surface area contributed by atoms with Crippen LogP contribution < -0.4 is 0 Å². The summed E-state index contributed by atoms with van der Waals surface area (Å²) < 4.78 is 6.03. The fourth-order valence-corrected chi connectivity index (χ4v) is 4.42. The van der Waals surface area contributed by atoms with Gasteiger partial charge >= 0.3 is 0 Å². The zero-order valence-electron chi connectivity index (χ0n) is 16.2. The van der Waals surface area contributed by atoms with Crippen molar-refractivity contribution in [1.29, 1.82) is 5.26 Å². The van der Waals surface area contributed by atoms with Crippen LogP contribution in [0.25, 0.3) is 0 Å². The van der Waals surface area contributed by atoms with Gasteiger partial charge in [0.25, 0.3) is 0 Å². The largest absolute Gasteiger partial charge is 0.378 e. The third kappa shape index (κ3) is 5.27. The molecule has 4 nitrogen and oxygen atoms in total. The Kier molecular flexibility index (Phi) is 7.43. The lowest BCUT2D eigenvalue weighted by Gasteiger charge is -2.29. The van der Waals surface area contributed by atoms with E-state index in [1.165, 1.54) is 37.7 Å². The van der Waals surface area contributed by atoms with Gasteiger partial charge in [0.1, 0.15) is 5.82 Å². The fraction of sp³-hybridized carbons (Fsp3) is 0.773. The van der Waals surface area contributed by atoms with Crippen LogP contribution >= 0.6 is 0 Å². The number of aromatic nitrogens is 2. The molecule has 2 aliphatic rings. The molecule has 1 aromatic heterocycles. The maximum Gasteiger partial charge on any atom is 0.131 e. The van der Waals surface area contributed by atoms with Crippen LogP contribution in [0, 0.1) is 17.2 Å². The summed E-state index contributed by atoms with van der Waals surface area (Å²) >= 11 is 0. The molecule has 26 heavy (non-hydrogen) atoms. The molecule has 0 N–H and O–H groups in total. The van der Waals surface area contributed by atoms with Crippen LogP contribution in [0.5, 0.6) is 0 Å². The molecular formula is C22H33N3O. The SMILES string of the molecule is CCCCCOC1CCC(c2cnc(C3CCC(C#N)CC3)nc2)CC1. The molecule has 2 saturated carbocycles. The lowest BCUT2D eigenvalue weighted by atomic mass is 9.82. The molecule has 3 rings (SSSR count). The van der Waals surface area contributed by atoms with E-state index in [0.29, 0.717) is 17.9 Å². The Morgan fingerprint density at radius 3 is 2.23 bits per heavy atom. The highest BCUT2D eigenvalue weighted by atomic mass is 16.5. The first-order valence-electron chi connectivity index (χ1n) is 10.6. The van der Waals surface area contributed by atoms with Gasteiger partial charge < -0.3 is 4.74 Å². The summed E-state index contributed by atoms with van der Waals surface area (Å²) in [5, 5.41) is 9.03. The van der Waals surface area contributed by atoms with E-state index >= 15 is 0 Å². The summed E-state index contributed by atoms with van der Waals surface area (Å²) in [5.74, 6) is 2.26. The van der Waals surface area contributed by atoms with Crippen molar-refractivity contribution >= 4 is 0 Å². The van der Waals surface area contributed by atoms with Crippen molar-refractivity contribution in [2.24, 2.45) is 5.92 Å². The second-order valence-corrected chi connectivity index (χ2v) is 8.10. The number of nitriles is 1. The van der Waals surface area contributed by atoms with Crippen LogP contribution in [0.1, 0.15) is 101 Å². The van der Waals surface area contributed by atoms with Crippen LogP contribution in [-0.2, 0) is 4.74 Å². The van der Waals surface area contributed by atoms with E-state index in [1.807, 2.05) is 0 Å². The average molecular weight is 356 g/mol. The minimum Gasteiger partial charge on any atom is -0.378 e. The molecule has 142 valence electrons. The van der Waals surface area contributed by atoms with Gasteiger partial charge in [-0.15, -0.1) is 0 Å². The van der Waals surface area contributed by atoms with Crippen molar-refractivity contribution in [2.45, 2.75) is 95.5 Å². The minimum absolute atomic E-state index is 0.241. The first kappa shape index (κ1) is 19.3. The molecule has 0 amide bonds. The number of hydrogen-bond donors (Lipinski definition) is 0. The van der Waals surface area contributed by atoms with Crippen molar-refractivity contribution in [1.82, 2.24) is 9.97 Å². The van der Waals surface area contributed by atoms with Gasteiger partial charge in [0, 0.05) is 30.8 Å². The minimum atomic E-state index is 0.241. The predicted molar refractivity (Wildman–Crippen MR) is 103 cm³/mol. The zero-order valence-corrected chi connectivity index (χ0v) is 16.2. The monoisotopic (exact) mass is 355 g/mol. The van der Waals surface area contributed by atoms with Gasteiger partial charge in [-0.1, -0.05) is 19.8 Å². The molecule has 0 atom stereocenters. The Hall–Kier alpha value is -1.47. The number of rotatable bonds is 7. The standard InChI is InChI=1S/C22H33N3O/c1-2-3-4-13-26-21-11-9-18(10-12-21)20-15-24-22(25-16-20)19-7-5-17(14-23)6-8-19/h15-19,21H,2-13H2,1H3. The predicted octanol–water partition coefficient (Wildman–Crippen LogP) is 5.51. The zero-order chi connectivity index (χ0) is 18.2. The molecule has 4 heteroatoms. The number of hydrogen-bond acceptors (Lipinski definition) is 4. The van der Waals surface area contributed by atoms with Gasteiger partial charge in [0.2, 0.25) is 0 Å². The Morgan fingerprint density at radius 1 is 0.962 bits per heavy atom. The van der Waals surface area contributed by atoms with E-state index in [-0.39, 0.29) is 5.92 Å². The van der Waals surface area contributed by atoms with Gasteiger partial charge in [-0.3, -0.25) is 0 Å². The van der Waals surface area contributed by atoms with Crippen LogP contribution in [0.15, 0.2) is 12.4 Å². The Labute approximate surface area is 158 Å². The molecule has 0 radical (unpaired) electrons. The normalized spacial score (nSPS) is 29.2.